The lowest BCUT2D eigenvalue weighted by molar-refractivity contribution is 0.0784. The molecular formula is C18H21N5O. The lowest BCUT2D eigenvalue weighted by Gasteiger charge is -2.21. The molecule has 0 N–H and O–H groups in total. The molecule has 6 heteroatoms. The van der Waals surface area contributed by atoms with E-state index in [0.29, 0.717) is 18.4 Å². The zero-order chi connectivity index (χ0) is 16.5. The number of hydrogen-bond acceptors (Lipinski definition) is 4. The van der Waals surface area contributed by atoms with Gasteiger partial charge in [0.25, 0.3) is 5.91 Å². The molecule has 0 unspecified atom stereocenters. The molecule has 1 amide bonds. The number of fused-ring (bicyclic) bond motifs is 1. The van der Waals surface area contributed by atoms with E-state index in [4.69, 9.17) is 0 Å². The minimum Gasteiger partial charge on any atom is -0.338 e. The first-order chi connectivity index (χ1) is 11.7. The van der Waals surface area contributed by atoms with E-state index in [0.717, 1.165) is 37.1 Å². The molecule has 0 saturated carbocycles. The summed E-state index contributed by atoms with van der Waals surface area (Å²) in [6, 6.07) is 7.77. The summed E-state index contributed by atoms with van der Waals surface area (Å²) in [6.45, 7) is 4.59. The summed E-state index contributed by atoms with van der Waals surface area (Å²) < 4.78 is 1.66. The van der Waals surface area contributed by atoms with Crippen molar-refractivity contribution >= 4 is 5.91 Å². The van der Waals surface area contributed by atoms with E-state index in [-0.39, 0.29) is 5.91 Å². The van der Waals surface area contributed by atoms with E-state index in [1.807, 2.05) is 29.2 Å². The number of likely N-dealkylation sites (tertiary alicyclic amines) is 1. The SMILES string of the molecule is CC1=CC[C@@H]2CN(C(=O)c3ccc(Cn4cnnn4)cc3)C[C@@H]2C1. The van der Waals surface area contributed by atoms with E-state index < -0.39 is 0 Å². The molecule has 2 atom stereocenters. The minimum absolute atomic E-state index is 0.149. The summed E-state index contributed by atoms with van der Waals surface area (Å²) in [5.41, 5.74) is 3.31. The second kappa shape index (κ2) is 6.19. The van der Waals surface area contributed by atoms with Crippen LogP contribution in [0.25, 0.3) is 0 Å². The molecule has 0 spiro atoms. The first-order valence-electron chi connectivity index (χ1n) is 8.43. The van der Waals surface area contributed by atoms with Crippen LogP contribution in [0.1, 0.15) is 35.7 Å². The van der Waals surface area contributed by atoms with Gasteiger partial charge in [-0.3, -0.25) is 4.79 Å². The molecule has 24 heavy (non-hydrogen) atoms. The molecule has 0 bridgehead atoms. The Morgan fingerprint density at radius 3 is 2.75 bits per heavy atom. The van der Waals surface area contributed by atoms with E-state index in [1.165, 1.54) is 5.57 Å². The standard InChI is InChI=1S/C18H21N5O/c1-13-2-5-16-10-22(11-17(16)8-13)18(24)15-6-3-14(4-7-15)9-23-12-19-20-21-23/h2-4,6-7,12,16-17H,5,8-11H2,1H3/t16-,17+/m1/s1. The zero-order valence-electron chi connectivity index (χ0n) is 13.8. The fourth-order valence-corrected chi connectivity index (χ4v) is 3.83. The number of tetrazole rings is 1. The van der Waals surface area contributed by atoms with Crippen molar-refractivity contribution in [3.8, 4) is 0 Å². The molecule has 1 aliphatic heterocycles. The van der Waals surface area contributed by atoms with Gasteiger partial charge in [-0.05, 0) is 59.7 Å². The molecule has 1 fully saturated rings. The van der Waals surface area contributed by atoms with E-state index >= 15 is 0 Å². The maximum atomic E-state index is 12.8. The summed E-state index contributed by atoms with van der Waals surface area (Å²) in [5.74, 6) is 1.42. The van der Waals surface area contributed by atoms with Gasteiger partial charge in [-0.2, -0.15) is 0 Å². The monoisotopic (exact) mass is 323 g/mol. The van der Waals surface area contributed by atoms with Crippen LogP contribution in [0.15, 0.2) is 42.2 Å². The third-order valence-corrected chi connectivity index (χ3v) is 5.15. The number of rotatable bonds is 3. The number of nitrogens with zero attached hydrogens (tertiary/aromatic N) is 5. The van der Waals surface area contributed by atoms with Crippen LogP contribution in [0.5, 0.6) is 0 Å². The topological polar surface area (TPSA) is 63.9 Å². The number of allylic oxidation sites excluding steroid dienone is 2. The molecule has 4 rings (SSSR count). The van der Waals surface area contributed by atoms with Crippen LogP contribution in [0.4, 0.5) is 0 Å². The van der Waals surface area contributed by atoms with Crippen LogP contribution in [-0.4, -0.2) is 44.1 Å². The molecule has 1 aliphatic carbocycles. The van der Waals surface area contributed by atoms with Crippen LogP contribution >= 0.6 is 0 Å². The van der Waals surface area contributed by atoms with Gasteiger partial charge in [0.1, 0.15) is 6.33 Å². The Labute approximate surface area is 141 Å². The highest BCUT2D eigenvalue weighted by atomic mass is 16.2. The second-order valence-corrected chi connectivity index (χ2v) is 6.92. The highest BCUT2D eigenvalue weighted by Crippen LogP contribution is 2.36. The Kier molecular flexibility index (Phi) is 3.88. The molecule has 1 aromatic heterocycles. The summed E-state index contributed by atoms with van der Waals surface area (Å²) in [4.78, 5) is 14.8. The molecule has 2 aliphatic rings. The number of amides is 1. The van der Waals surface area contributed by atoms with Gasteiger partial charge in [-0.15, -0.1) is 5.10 Å². The molecule has 6 nitrogen and oxygen atoms in total. The minimum atomic E-state index is 0.149. The van der Waals surface area contributed by atoms with Gasteiger partial charge in [0, 0.05) is 18.7 Å². The Morgan fingerprint density at radius 2 is 2.00 bits per heavy atom. The molecule has 2 aromatic rings. The number of carbonyl (C=O) groups excluding carboxylic acids is 1. The van der Waals surface area contributed by atoms with E-state index in [9.17, 15) is 4.79 Å². The van der Waals surface area contributed by atoms with Crippen molar-refractivity contribution in [1.29, 1.82) is 0 Å². The lowest BCUT2D eigenvalue weighted by atomic mass is 9.83. The van der Waals surface area contributed by atoms with Crippen molar-refractivity contribution in [1.82, 2.24) is 25.1 Å². The summed E-state index contributed by atoms with van der Waals surface area (Å²) in [5, 5.41) is 11.1. The molecule has 1 aromatic carbocycles. The fourth-order valence-electron chi connectivity index (χ4n) is 3.83. The average Bonchev–Trinajstić information content (AvgIpc) is 3.24. The molecule has 124 valence electrons. The zero-order valence-corrected chi connectivity index (χ0v) is 13.8. The second-order valence-electron chi connectivity index (χ2n) is 6.92. The molecular weight excluding hydrogens is 302 g/mol. The molecule has 0 radical (unpaired) electrons. The van der Waals surface area contributed by atoms with Gasteiger partial charge in [0.2, 0.25) is 0 Å². The normalized spacial score (nSPS) is 23.0. The maximum Gasteiger partial charge on any atom is 0.253 e. The fraction of sp³-hybridized carbons (Fsp3) is 0.444. The van der Waals surface area contributed by atoms with Crippen molar-refractivity contribution in [2.45, 2.75) is 26.3 Å². The molecule has 2 heterocycles. The largest absolute Gasteiger partial charge is 0.338 e. The third-order valence-electron chi connectivity index (χ3n) is 5.15. The number of hydrogen-bond donors (Lipinski definition) is 0. The average molecular weight is 323 g/mol. The van der Waals surface area contributed by atoms with Crippen molar-refractivity contribution in [3.05, 3.63) is 53.4 Å². The summed E-state index contributed by atoms with van der Waals surface area (Å²) in [6.07, 6.45) is 6.18. The Balaban J connectivity index is 1.42. The van der Waals surface area contributed by atoms with Crippen molar-refractivity contribution in [2.24, 2.45) is 11.8 Å². The maximum absolute atomic E-state index is 12.8. The van der Waals surface area contributed by atoms with Crippen LogP contribution in [0, 0.1) is 11.8 Å². The van der Waals surface area contributed by atoms with Gasteiger partial charge in [0.05, 0.1) is 6.54 Å². The van der Waals surface area contributed by atoms with Crippen LogP contribution < -0.4 is 0 Å². The van der Waals surface area contributed by atoms with Gasteiger partial charge in [-0.1, -0.05) is 23.8 Å². The predicted octanol–water partition coefficient (Wildman–Crippen LogP) is 2.15. The van der Waals surface area contributed by atoms with E-state index in [1.54, 1.807) is 11.0 Å². The van der Waals surface area contributed by atoms with Crippen molar-refractivity contribution < 1.29 is 4.79 Å². The Hall–Kier alpha value is -2.50. The highest BCUT2D eigenvalue weighted by molar-refractivity contribution is 5.94. The van der Waals surface area contributed by atoms with Gasteiger partial charge < -0.3 is 4.90 Å². The third kappa shape index (κ3) is 2.96. The van der Waals surface area contributed by atoms with Gasteiger partial charge in [-0.25, -0.2) is 4.68 Å². The first-order valence-corrected chi connectivity index (χ1v) is 8.43. The summed E-state index contributed by atoms with van der Waals surface area (Å²) >= 11 is 0. The molecule has 1 saturated heterocycles. The van der Waals surface area contributed by atoms with Crippen LogP contribution in [0.3, 0.4) is 0 Å². The Morgan fingerprint density at radius 1 is 1.21 bits per heavy atom. The van der Waals surface area contributed by atoms with Crippen LogP contribution in [-0.2, 0) is 6.54 Å². The quantitative estimate of drug-likeness (QED) is 0.812. The predicted molar refractivity (Wildman–Crippen MR) is 89.2 cm³/mol. The number of aromatic nitrogens is 4. The van der Waals surface area contributed by atoms with Crippen molar-refractivity contribution in [3.63, 3.8) is 0 Å². The summed E-state index contributed by atoms with van der Waals surface area (Å²) in [7, 11) is 0. The smallest absolute Gasteiger partial charge is 0.253 e. The van der Waals surface area contributed by atoms with E-state index in [2.05, 4.69) is 28.5 Å². The number of carbonyl (C=O) groups is 1. The van der Waals surface area contributed by atoms with Crippen LogP contribution in [0.2, 0.25) is 0 Å². The highest BCUT2D eigenvalue weighted by Gasteiger charge is 2.36. The van der Waals surface area contributed by atoms with Gasteiger partial charge >= 0.3 is 0 Å². The van der Waals surface area contributed by atoms with Gasteiger partial charge in [0.15, 0.2) is 0 Å². The lowest BCUT2D eigenvalue weighted by Crippen LogP contribution is -2.29. The first kappa shape index (κ1) is 15.1. The Bertz CT molecular complexity index is 750. The van der Waals surface area contributed by atoms with Crippen molar-refractivity contribution in [2.75, 3.05) is 13.1 Å². The number of benzene rings is 1.